The highest BCUT2D eigenvalue weighted by molar-refractivity contribution is 9.10. The van der Waals surface area contributed by atoms with E-state index in [2.05, 4.69) is 31.4 Å². The molecular formula is C13H11BrClFN4S. The summed E-state index contributed by atoms with van der Waals surface area (Å²) in [6.45, 7) is 3.67. The summed E-state index contributed by atoms with van der Waals surface area (Å²) in [5.41, 5.74) is 8.37. The Kier molecular flexibility index (Phi) is 4.75. The maximum absolute atomic E-state index is 13.3. The summed E-state index contributed by atoms with van der Waals surface area (Å²) < 4.78 is 13.7. The van der Waals surface area contributed by atoms with Gasteiger partial charge >= 0.3 is 0 Å². The lowest BCUT2D eigenvalue weighted by Crippen LogP contribution is -2.17. The summed E-state index contributed by atoms with van der Waals surface area (Å²) in [5.74, 6) is -0.0713. The summed E-state index contributed by atoms with van der Waals surface area (Å²) in [4.78, 5) is 0.197. The van der Waals surface area contributed by atoms with E-state index in [0.717, 1.165) is 11.3 Å². The third-order valence-electron chi connectivity index (χ3n) is 2.95. The first-order chi connectivity index (χ1) is 9.81. The van der Waals surface area contributed by atoms with Crippen molar-refractivity contribution in [2.75, 3.05) is 5.32 Å². The van der Waals surface area contributed by atoms with Gasteiger partial charge in [0, 0.05) is 4.47 Å². The summed E-state index contributed by atoms with van der Waals surface area (Å²) in [5, 5.41) is 11.3. The molecule has 3 N–H and O–H groups in total. The maximum Gasteiger partial charge on any atom is 0.163 e. The van der Waals surface area contributed by atoms with Crippen molar-refractivity contribution in [3.05, 3.63) is 44.3 Å². The van der Waals surface area contributed by atoms with E-state index in [0.29, 0.717) is 21.5 Å². The van der Waals surface area contributed by atoms with Crippen molar-refractivity contribution in [3.63, 3.8) is 0 Å². The molecule has 0 fully saturated rings. The van der Waals surface area contributed by atoms with Crippen molar-refractivity contribution < 1.29 is 4.39 Å². The average molecular weight is 390 g/mol. The molecule has 1 heterocycles. The highest BCUT2D eigenvalue weighted by Crippen LogP contribution is 2.34. The Balaban J connectivity index is 2.55. The molecule has 0 saturated heterocycles. The number of hydrogen-bond donors (Lipinski definition) is 2. The maximum atomic E-state index is 13.3. The van der Waals surface area contributed by atoms with Crippen LogP contribution in [-0.4, -0.2) is 15.2 Å². The summed E-state index contributed by atoms with van der Waals surface area (Å²) in [6, 6.07) is 2.49. The molecule has 1 aromatic heterocycles. The molecule has 0 bridgehead atoms. The van der Waals surface area contributed by atoms with Crippen molar-refractivity contribution in [3.8, 4) is 0 Å². The molecular weight excluding hydrogens is 379 g/mol. The van der Waals surface area contributed by atoms with Gasteiger partial charge in [-0.25, -0.2) is 4.39 Å². The molecule has 0 saturated carbocycles. The molecule has 1 aromatic carbocycles. The van der Waals surface area contributed by atoms with Crippen molar-refractivity contribution >= 4 is 56.2 Å². The van der Waals surface area contributed by atoms with Crippen LogP contribution in [0.25, 0.3) is 0 Å². The molecule has 0 aliphatic rings. The van der Waals surface area contributed by atoms with E-state index in [-0.39, 0.29) is 10.0 Å². The molecule has 4 nitrogen and oxygen atoms in total. The summed E-state index contributed by atoms with van der Waals surface area (Å²) in [7, 11) is 0. The molecule has 8 heteroatoms. The van der Waals surface area contributed by atoms with Gasteiger partial charge in [0.2, 0.25) is 0 Å². The molecule has 110 valence electrons. The first kappa shape index (κ1) is 16.1. The quantitative estimate of drug-likeness (QED) is 0.776. The third kappa shape index (κ3) is 3.30. The first-order valence-corrected chi connectivity index (χ1v) is 7.44. The second-order valence-electron chi connectivity index (χ2n) is 4.37. The average Bonchev–Trinajstić information content (AvgIpc) is 2.37. The first-order valence-electron chi connectivity index (χ1n) is 5.86. The summed E-state index contributed by atoms with van der Waals surface area (Å²) in [6.07, 6.45) is 0. The number of rotatable bonds is 3. The molecule has 2 rings (SSSR count). The minimum Gasteiger partial charge on any atom is -0.389 e. The van der Waals surface area contributed by atoms with E-state index in [4.69, 9.17) is 29.6 Å². The SMILES string of the molecule is Cc1nnc(Nc2c(Cl)cc(F)cc2Br)c(C(N)=S)c1C. The number of nitrogens with two attached hydrogens (primary N) is 1. The van der Waals surface area contributed by atoms with Gasteiger partial charge in [-0.3, -0.25) is 0 Å². The van der Waals surface area contributed by atoms with Crippen LogP contribution in [0.5, 0.6) is 0 Å². The Bertz CT molecular complexity index is 715. The number of hydrogen-bond acceptors (Lipinski definition) is 4. The zero-order valence-electron chi connectivity index (χ0n) is 11.2. The molecule has 2 aromatic rings. The normalized spacial score (nSPS) is 10.5. The lowest BCUT2D eigenvalue weighted by atomic mass is 10.1. The van der Waals surface area contributed by atoms with Crippen LogP contribution in [0.15, 0.2) is 16.6 Å². The highest BCUT2D eigenvalue weighted by Gasteiger charge is 2.16. The van der Waals surface area contributed by atoms with Crippen molar-refractivity contribution in [1.29, 1.82) is 0 Å². The molecule has 0 spiro atoms. The highest BCUT2D eigenvalue weighted by atomic mass is 79.9. The van der Waals surface area contributed by atoms with Gasteiger partial charge < -0.3 is 11.1 Å². The fraction of sp³-hybridized carbons (Fsp3) is 0.154. The molecule has 0 aliphatic heterocycles. The van der Waals surface area contributed by atoms with Gasteiger partial charge in [0.15, 0.2) is 5.82 Å². The third-order valence-corrected chi connectivity index (χ3v) is 4.08. The molecule has 0 radical (unpaired) electrons. The molecule has 0 unspecified atom stereocenters. The van der Waals surface area contributed by atoms with Gasteiger partial charge in [-0.05, 0) is 47.5 Å². The number of benzene rings is 1. The Morgan fingerprint density at radius 2 is 2.05 bits per heavy atom. The molecule has 0 atom stereocenters. The number of halogens is 3. The van der Waals surface area contributed by atoms with Crippen LogP contribution < -0.4 is 11.1 Å². The lowest BCUT2D eigenvalue weighted by Gasteiger charge is -2.15. The summed E-state index contributed by atoms with van der Waals surface area (Å²) >= 11 is 14.4. The van der Waals surface area contributed by atoms with E-state index >= 15 is 0 Å². The molecule has 0 amide bonds. The Morgan fingerprint density at radius 1 is 1.38 bits per heavy atom. The zero-order valence-corrected chi connectivity index (χ0v) is 14.3. The van der Waals surface area contributed by atoms with E-state index in [1.54, 1.807) is 0 Å². The predicted molar refractivity (Wildman–Crippen MR) is 89.8 cm³/mol. The van der Waals surface area contributed by atoms with Gasteiger partial charge in [0.1, 0.15) is 10.8 Å². The van der Waals surface area contributed by atoms with Gasteiger partial charge in [0.25, 0.3) is 0 Å². The Hall–Kier alpha value is -1.31. The monoisotopic (exact) mass is 388 g/mol. The fourth-order valence-electron chi connectivity index (χ4n) is 1.78. The van der Waals surface area contributed by atoms with Crippen LogP contribution in [0.4, 0.5) is 15.9 Å². The standard InChI is InChI=1S/C13H11BrClFN4S/c1-5-6(2)19-20-13(10(5)12(17)21)18-11-8(14)3-7(16)4-9(11)15/h3-4H,1-2H3,(H2,17,21)(H,18,20). The van der Waals surface area contributed by atoms with Gasteiger partial charge in [-0.1, -0.05) is 23.8 Å². The second-order valence-corrected chi connectivity index (χ2v) is 6.07. The van der Waals surface area contributed by atoms with Gasteiger partial charge in [-0.2, -0.15) is 5.10 Å². The smallest absolute Gasteiger partial charge is 0.163 e. The van der Waals surface area contributed by atoms with Crippen LogP contribution in [0.3, 0.4) is 0 Å². The van der Waals surface area contributed by atoms with Crippen LogP contribution in [-0.2, 0) is 0 Å². The number of aromatic nitrogens is 2. The van der Waals surface area contributed by atoms with Crippen LogP contribution in [0, 0.1) is 19.7 Å². The van der Waals surface area contributed by atoms with Crippen LogP contribution >= 0.6 is 39.7 Å². The minimum absolute atomic E-state index is 0.197. The zero-order chi connectivity index (χ0) is 15.7. The van der Waals surface area contributed by atoms with Crippen LogP contribution in [0.2, 0.25) is 5.02 Å². The van der Waals surface area contributed by atoms with E-state index in [1.807, 2.05) is 13.8 Å². The van der Waals surface area contributed by atoms with E-state index < -0.39 is 5.82 Å². The fourth-order valence-corrected chi connectivity index (χ4v) is 2.93. The van der Waals surface area contributed by atoms with Crippen molar-refractivity contribution in [1.82, 2.24) is 10.2 Å². The predicted octanol–water partition coefficient (Wildman–Crippen LogP) is 4.03. The van der Waals surface area contributed by atoms with E-state index in [9.17, 15) is 4.39 Å². The minimum atomic E-state index is -0.446. The topological polar surface area (TPSA) is 63.8 Å². The van der Waals surface area contributed by atoms with E-state index in [1.165, 1.54) is 12.1 Å². The largest absolute Gasteiger partial charge is 0.389 e. The van der Waals surface area contributed by atoms with Gasteiger partial charge in [-0.15, -0.1) is 5.10 Å². The molecule has 21 heavy (non-hydrogen) atoms. The number of nitrogens with one attached hydrogen (secondary N) is 1. The number of nitrogens with zero attached hydrogens (tertiary/aromatic N) is 2. The molecule has 0 aliphatic carbocycles. The lowest BCUT2D eigenvalue weighted by molar-refractivity contribution is 0.627. The Labute approximate surface area is 140 Å². The number of aryl methyl sites for hydroxylation is 1. The Morgan fingerprint density at radius 3 is 2.62 bits per heavy atom. The van der Waals surface area contributed by atoms with Crippen molar-refractivity contribution in [2.24, 2.45) is 5.73 Å². The van der Waals surface area contributed by atoms with Crippen molar-refractivity contribution in [2.45, 2.75) is 13.8 Å². The van der Waals surface area contributed by atoms with Gasteiger partial charge in [0.05, 0.1) is 22.0 Å². The number of anilines is 2. The second kappa shape index (κ2) is 6.21. The van der Waals surface area contributed by atoms with Crippen LogP contribution in [0.1, 0.15) is 16.8 Å². The number of thiocarbonyl (C=S) groups is 1.